The number of hydrogen-bond acceptors (Lipinski definition) is 5. The van der Waals surface area contributed by atoms with Gasteiger partial charge in [0.1, 0.15) is 5.76 Å². The summed E-state index contributed by atoms with van der Waals surface area (Å²) in [5.74, 6) is 3.53. The van der Waals surface area contributed by atoms with Crippen LogP contribution >= 0.6 is 11.8 Å². The molecule has 0 saturated heterocycles. The Kier molecular flexibility index (Phi) is 4.78. The molecule has 5 nitrogen and oxygen atoms in total. The van der Waals surface area contributed by atoms with Gasteiger partial charge in [-0.15, -0.1) is 11.8 Å². The number of aliphatic hydroxyl groups is 1. The Labute approximate surface area is 135 Å². The van der Waals surface area contributed by atoms with Gasteiger partial charge >= 0.3 is 0 Å². The fraction of sp³-hybridized carbons (Fsp3) is 0.750. The van der Waals surface area contributed by atoms with Gasteiger partial charge in [-0.3, -0.25) is 4.79 Å². The van der Waals surface area contributed by atoms with E-state index < -0.39 is 0 Å². The highest BCUT2D eigenvalue weighted by Crippen LogP contribution is 2.48. The number of amides is 1. The summed E-state index contributed by atoms with van der Waals surface area (Å²) in [5.41, 5.74) is 1.99. The van der Waals surface area contributed by atoms with Crippen molar-refractivity contribution in [2.24, 2.45) is 17.8 Å². The van der Waals surface area contributed by atoms with E-state index in [9.17, 15) is 9.90 Å². The Morgan fingerprint density at radius 3 is 2.86 bits per heavy atom. The van der Waals surface area contributed by atoms with Crippen LogP contribution in [0.2, 0.25) is 0 Å². The fourth-order valence-electron chi connectivity index (χ4n) is 4.08. The zero-order valence-electron chi connectivity index (χ0n) is 13.2. The van der Waals surface area contributed by atoms with Crippen LogP contribution in [0.25, 0.3) is 0 Å². The van der Waals surface area contributed by atoms with Crippen LogP contribution < -0.4 is 5.32 Å². The molecule has 4 atom stereocenters. The van der Waals surface area contributed by atoms with Crippen molar-refractivity contribution in [2.75, 3.05) is 12.4 Å². The monoisotopic (exact) mass is 324 g/mol. The second-order valence-corrected chi connectivity index (χ2v) is 7.55. The van der Waals surface area contributed by atoms with Crippen LogP contribution in [0, 0.1) is 31.6 Å². The van der Waals surface area contributed by atoms with Crippen LogP contribution in [-0.2, 0) is 10.5 Å². The molecule has 2 aliphatic carbocycles. The first-order valence-corrected chi connectivity index (χ1v) is 9.15. The Balaban J connectivity index is 1.47. The topological polar surface area (TPSA) is 75.4 Å². The smallest absolute Gasteiger partial charge is 0.230 e. The molecule has 1 amide bonds. The van der Waals surface area contributed by atoms with Crippen molar-refractivity contribution in [3.63, 3.8) is 0 Å². The van der Waals surface area contributed by atoms with E-state index in [0.29, 0.717) is 17.6 Å². The van der Waals surface area contributed by atoms with Gasteiger partial charge in [-0.1, -0.05) is 5.16 Å². The Morgan fingerprint density at radius 1 is 1.41 bits per heavy atom. The molecule has 0 radical (unpaired) electrons. The molecular formula is C16H24N2O3S. The third kappa shape index (κ3) is 3.04. The summed E-state index contributed by atoms with van der Waals surface area (Å²) in [7, 11) is 0. The third-order valence-corrected chi connectivity index (χ3v) is 6.25. The zero-order valence-corrected chi connectivity index (χ0v) is 14.0. The van der Waals surface area contributed by atoms with Crippen molar-refractivity contribution in [3.8, 4) is 0 Å². The van der Waals surface area contributed by atoms with E-state index in [0.717, 1.165) is 22.8 Å². The van der Waals surface area contributed by atoms with Crippen molar-refractivity contribution in [2.45, 2.75) is 44.9 Å². The predicted molar refractivity (Wildman–Crippen MR) is 85.5 cm³/mol. The number of carbonyl (C=O) groups excluding carboxylic acids is 1. The molecule has 1 heterocycles. The van der Waals surface area contributed by atoms with Gasteiger partial charge in [-0.25, -0.2) is 0 Å². The maximum absolute atomic E-state index is 12.2. The molecule has 0 aromatic carbocycles. The zero-order chi connectivity index (χ0) is 15.7. The summed E-state index contributed by atoms with van der Waals surface area (Å²) >= 11 is 1.59. The third-order valence-electron chi connectivity index (χ3n) is 5.29. The van der Waals surface area contributed by atoms with Crippen molar-refractivity contribution in [3.05, 3.63) is 17.0 Å². The standard InChI is InChI=1S/C16H24N2O3S/c1-9-14(10(2)21-18-9)7-22-8-15(20)17-16-12-4-3-11(5-12)13(16)6-19/h11-13,16,19H,3-8H2,1-2H3,(H,17,20). The number of nitrogens with zero attached hydrogens (tertiary/aromatic N) is 1. The first-order chi connectivity index (χ1) is 10.6. The Hall–Kier alpha value is -1.01. The fourth-order valence-corrected chi connectivity index (χ4v) is 5.07. The summed E-state index contributed by atoms with van der Waals surface area (Å²) in [4.78, 5) is 12.2. The minimum atomic E-state index is 0.0766. The number of carbonyl (C=O) groups is 1. The number of rotatable bonds is 6. The number of fused-ring (bicyclic) bond motifs is 2. The summed E-state index contributed by atoms with van der Waals surface area (Å²) in [5, 5.41) is 16.6. The van der Waals surface area contributed by atoms with Crippen molar-refractivity contribution in [1.82, 2.24) is 10.5 Å². The molecule has 3 rings (SSSR count). The van der Waals surface area contributed by atoms with Crippen molar-refractivity contribution in [1.29, 1.82) is 0 Å². The van der Waals surface area contributed by atoms with Crippen LogP contribution in [-0.4, -0.2) is 34.6 Å². The quantitative estimate of drug-likeness (QED) is 0.837. The molecule has 0 aliphatic heterocycles. The molecule has 2 N–H and O–H groups in total. The lowest BCUT2D eigenvalue weighted by molar-refractivity contribution is -0.120. The van der Waals surface area contributed by atoms with Crippen molar-refractivity contribution < 1.29 is 14.4 Å². The average molecular weight is 324 g/mol. The van der Waals surface area contributed by atoms with E-state index in [1.807, 2.05) is 13.8 Å². The van der Waals surface area contributed by atoms with Gasteiger partial charge < -0.3 is 14.9 Å². The number of aromatic nitrogens is 1. The molecular weight excluding hydrogens is 300 g/mol. The van der Waals surface area contributed by atoms with E-state index in [1.54, 1.807) is 11.8 Å². The number of aliphatic hydroxyl groups excluding tert-OH is 1. The lowest BCUT2D eigenvalue weighted by atomic mass is 9.85. The second-order valence-electron chi connectivity index (χ2n) is 6.57. The molecule has 2 saturated carbocycles. The molecule has 2 fully saturated rings. The van der Waals surface area contributed by atoms with Gasteiger partial charge in [-0.05, 0) is 44.9 Å². The highest BCUT2D eigenvalue weighted by Gasteiger charge is 2.47. The first kappa shape index (κ1) is 15.9. The summed E-state index contributed by atoms with van der Waals surface area (Å²) in [6.45, 7) is 4.02. The van der Waals surface area contributed by atoms with Crippen molar-refractivity contribution >= 4 is 17.7 Å². The largest absolute Gasteiger partial charge is 0.396 e. The normalized spacial score (nSPS) is 30.0. The maximum Gasteiger partial charge on any atom is 0.230 e. The van der Waals surface area contributed by atoms with Crippen LogP contribution in [0.3, 0.4) is 0 Å². The van der Waals surface area contributed by atoms with Gasteiger partial charge in [0.25, 0.3) is 0 Å². The number of nitrogens with one attached hydrogen (secondary N) is 1. The summed E-state index contributed by atoms with van der Waals surface area (Å²) < 4.78 is 5.13. The molecule has 2 bridgehead atoms. The van der Waals surface area contributed by atoms with E-state index in [2.05, 4.69) is 10.5 Å². The number of aryl methyl sites for hydroxylation is 2. The summed E-state index contributed by atoms with van der Waals surface area (Å²) in [6.07, 6.45) is 3.57. The lowest BCUT2D eigenvalue weighted by Gasteiger charge is -2.30. The first-order valence-electron chi connectivity index (χ1n) is 8.00. The Morgan fingerprint density at radius 2 is 2.18 bits per heavy atom. The van der Waals surface area contributed by atoms with Gasteiger partial charge in [0.15, 0.2) is 0 Å². The molecule has 122 valence electrons. The van der Waals surface area contributed by atoms with Gasteiger partial charge in [0.2, 0.25) is 5.91 Å². The molecule has 22 heavy (non-hydrogen) atoms. The molecule has 1 aromatic rings. The molecule has 0 spiro atoms. The lowest BCUT2D eigenvalue weighted by Crippen LogP contribution is -2.45. The van der Waals surface area contributed by atoms with Crippen LogP contribution in [0.5, 0.6) is 0 Å². The van der Waals surface area contributed by atoms with Gasteiger partial charge in [0.05, 0.1) is 11.4 Å². The SMILES string of the molecule is Cc1noc(C)c1CSCC(=O)NC1C2CCC(C2)C1CO. The number of thioether (sulfide) groups is 1. The van der Waals surface area contributed by atoms with E-state index in [1.165, 1.54) is 19.3 Å². The maximum atomic E-state index is 12.2. The van der Waals surface area contributed by atoms with Crippen LogP contribution in [0.15, 0.2) is 4.52 Å². The minimum absolute atomic E-state index is 0.0766. The molecule has 1 aromatic heterocycles. The summed E-state index contributed by atoms with van der Waals surface area (Å²) in [6, 6.07) is 0.177. The van der Waals surface area contributed by atoms with E-state index >= 15 is 0 Å². The molecule has 2 aliphatic rings. The van der Waals surface area contributed by atoms with E-state index in [4.69, 9.17) is 4.52 Å². The van der Waals surface area contributed by atoms with Crippen LogP contribution in [0.4, 0.5) is 0 Å². The van der Waals surface area contributed by atoms with Gasteiger partial charge in [0, 0.05) is 29.9 Å². The highest BCUT2D eigenvalue weighted by atomic mass is 32.2. The predicted octanol–water partition coefficient (Wildman–Crippen LogP) is 2.05. The van der Waals surface area contributed by atoms with Crippen LogP contribution in [0.1, 0.15) is 36.3 Å². The molecule has 6 heteroatoms. The average Bonchev–Trinajstić information content (AvgIpc) is 3.17. The Bertz CT molecular complexity index is 526. The highest BCUT2D eigenvalue weighted by molar-refractivity contribution is 7.99. The minimum Gasteiger partial charge on any atom is -0.396 e. The van der Waals surface area contributed by atoms with Gasteiger partial charge in [-0.2, -0.15) is 0 Å². The number of hydrogen-bond donors (Lipinski definition) is 2. The molecule has 4 unspecified atom stereocenters. The van der Waals surface area contributed by atoms with E-state index in [-0.39, 0.29) is 24.5 Å². The second kappa shape index (κ2) is 6.62.